The Hall–Kier alpha value is -1.64. The van der Waals surface area contributed by atoms with Crippen molar-refractivity contribution in [3.05, 3.63) is 42.0 Å². The molecule has 2 aromatic rings. The number of aryl methyl sites for hydroxylation is 1. The normalized spacial score (nSPS) is 11.8. The van der Waals surface area contributed by atoms with Gasteiger partial charge in [-0.25, -0.2) is 9.37 Å². The van der Waals surface area contributed by atoms with Crippen LogP contribution in [0.1, 0.15) is 39.2 Å². The molecule has 0 saturated heterocycles. The number of hydrogen-bond donors (Lipinski definition) is 0. The van der Waals surface area contributed by atoms with Gasteiger partial charge >= 0.3 is 0 Å². The zero-order valence-electron chi connectivity index (χ0n) is 12.1. The number of imidazole rings is 1. The van der Waals surface area contributed by atoms with Crippen molar-refractivity contribution in [3.8, 4) is 11.4 Å². The highest BCUT2D eigenvalue weighted by atomic mass is 19.1. The van der Waals surface area contributed by atoms with E-state index in [-0.39, 0.29) is 11.2 Å². The molecule has 0 N–H and O–H groups in total. The predicted octanol–water partition coefficient (Wildman–Crippen LogP) is 4.30. The predicted molar refractivity (Wildman–Crippen MR) is 76.5 cm³/mol. The smallest absolute Gasteiger partial charge is 0.139 e. The van der Waals surface area contributed by atoms with Gasteiger partial charge in [-0.1, -0.05) is 20.8 Å². The summed E-state index contributed by atoms with van der Waals surface area (Å²) in [5.74, 6) is 0.712. The molecule has 0 aliphatic heterocycles. The summed E-state index contributed by atoms with van der Waals surface area (Å²) in [4.78, 5) is 4.40. The van der Waals surface area contributed by atoms with E-state index in [1.165, 1.54) is 6.07 Å². The van der Waals surface area contributed by atoms with E-state index in [0.29, 0.717) is 0 Å². The second kappa shape index (κ2) is 5.16. The van der Waals surface area contributed by atoms with Gasteiger partial charge in [0.25, 0.3) is 0 Å². The Morgan fingerprint density at radius 1 is 1.26 bits per heavy atom. The molecule has 0 unspecified atom stereocenters. The molecule has 102 valence electrons. The summed E-state index contributed by atoms with van der Waals surface area (Å²) in [7, 11) is 1.96. The number of benzene rings is 1. The molecule has 1 aromatic heterocycles. The minimum atomic E-state index is -0.180. The monoisotopic (exact) mass is 260 g/mol. The Bertz CT molecular complexity index is 568. The van der Waals surface area contributed by atoms with Crippen LogP contribution >= 0.6 is 0 Å². The van der Waals surface area contributed by atoms with Crippen LogP contribution < -0.4 is 0 Å². The molecule has 0 atom stereocenters. The van der Waals surface area contributed by atoms with E-state index < -0.39 is 0 Å². The molecule has 19 heavy (non-hydrogen) atoms. The topological polar surface area (TPSA) is 17.8 Å². The summed E-state index contributed by atoms with van der Waals surface area (Å²) in [6, 6.07) is 5.02. The lowest BCUT2D eigenvalue weighted by molar-refractivity contribution is 0.437. The van der Waals surface area contributed by atoms with Gasteiger partial charge < -0.3 is 4.57 Å². The first-order chi connectivity index (χ1) is 9.01. The van der Waals surface area contributed by atoms with Crippen molar-refractivity contribution in [2.45, 2.75) is 39.0 Å². The van der Waals surface area contributed by atoms with Crippen molar-refractivity contribution in [2.75, 3.05) is 0 Å². The van der Waals surface area contributed by atoms with Crippen LogP contribution in [-0.2, 0) is 12.5 Å². The third-order valence-electron chi connectivity index (χ3n) is 4.25. The molecule has 2 rings (SSSR count). The molecule has 0 amide bonds. The van der Waals surface area contributed by atoms with E-state index in [1.54, 1.807) is 12.3 Å². The fourth-order valence-corrected chi connectivity index (χ4v) is 2.47. The van der Waals surface area contributed by atoms with Crippen LogP contribution in [0, 0.1) is 5.82 Å². The Kier molecular flexibility index (Phi) is 3.74. The van der Waals surface area contributed by atoms with E-state index in [1.807, 2.05) is 23.9 Å². The van der Waals surface area contributed by atoms with Crippen LogP contribution in [0.15, 0.2) is 30.6 Å². The Morgan fingerprint density at radius 3 is 2.47 bits per heavy atom. The van der Waals surface area contributed by atoms with Crippen molar-refractivity contribution in [3.63, 3.8) is 0 Å². The zero-order valence-corrected chi connectivity index (χ0v) is 12.1. The molecule has 0 spiro atoms. The first-order valence-corrected chi connectivity index (χ1v) is 6.79. The van der Waals surface area contributed by atoms with Crippen molar-refractivity contribution in [1.29, 1.82) is 0 Å². The summed E-state index contributed by atoms with van der Waals surface area (Å²) in [5.41, 5.74) is 2.05. The lowest BCUT2D eigenvalue weighted by Gasteiger charge is -2.29. The van der Waals surface area contributed by atoms with Gasteiger partial charge in [0.15, 0.2) is 0 Å². The largest absolute Gasteiger partial charge is 0.334 e. The van der Waals surface area contributed by atoms with E-state index in [4.69, 9.17) is 0 Å². The fraction of sp³-hybridized carbons (Fsp3) is 0.438. The van der Waals surface area contributed by atoms with Crippen LogP contribution in [0.25, 0.3) is 11.4 Å². The van der Waals surface area contributed by atoms with Crippen LogP contribution in [0.5, 0.6) is 0 Å². The number of hydrogen-bond acceptors (Lipinski definition) is 1. The van der Waals surface area contributed by atoms with Gasteiger partial charge in [0.2, 0.25) is 0 Å². The van der Waals surface area contributed by atoms with Crippen molar-refractivity contribution in [2.24, 2.45) is 7.05 Å². The highest BCUT2D eigenvalue weighted by Gasteiger charge is 2.27. The molecule has 0 aliphatic rings. The average molecular weight is 260 g/mol. The number of nitrogens with zero attached hydrogens (tertiary/aromatic N) is 2. The number of rotatable bonds is 4. The summed E-state index contributed by atoms with van der Waals surface area (Å²) >= 11 is 0. The fourth-order valence-electron chi connectivity index (χ4n) is 2.47. The second-order valence-electron chi connectivity index (χ2n) is 5.32. The quantitative estimate of drug-likeness (QED) is 0.801. The van der Waals surface area contributed by atoms with Gasteiger partial charge in [-0.05, 0) is 42.0 Å². The Morgan fingerprint density at radius 2 is 1.95 bits per heavy atom. The van der Waals surface area contributed by atoms with Crippen molar-refractivity contribution < 1.29 is 4.39 Å². The van der Waals surface area contributed by atoms with Crippen LogP contribution in [0.3, 0.4) is 0 Å². The maximum Gasteiger partial charge on any atom is 0.139 e. The maximum absolute atomic E-state index is 13.7. The van der Waals surface area contributed by atoms with E-state index in [0.717, 1.165) is 29.8 Å². The summed E-state index contributed by atoms with van der Waals surface area (Å²) < 4.78 is 15.6. The van der Waals surface area contributed by atoms with Crippen LogP contribution in [0.4, 0.5) is 4.39 Å². The Balaban J connectivity index is 2.66. The SMILES string of the molecule is CCC(C)(CC)c1cc(F)ccc1-c1nccn1C. The molecular formula is C16H21FN2. The van der Waals surface area contributed by atoms with E-state index >= 15 is 0 Å². The van der Waals surface area contributed by atoms with Gasteiger partial charge in [0, 0.05) is 25.0 Å². The average Bonchev–Trinajstić information content (AvgIpc) is 2.84. The lowest BCUT2D eigenvalue weighted by atomic mass is 9.75. The lowest BCUT2D eigenvalue weighted by Crippen LogP contribution is -2.21. The standard InChI is InChI=1S/C16H21FN2/c1-5-16(3,6-2)14-11-12(17)7-8-13(14)15-18-9-10-19(15)4/h7-11H,5-6H2,1-4H3. The van der Waals surface area contributed by atoms with Gasteiger partial charge in [0.1, 0.15) is 11.6 Å². The molecule has 0 fully saturated rings. The molecule has 3 heteroatoms. The molecule has 0 bridgehead atoms. The zero-order chi connectivity index (χ0) is 14.0. The minimum Gasteiger partial charge on any atom is -0.334 e. The number of halogens is 1. The molecule has 0 radical (unpaired) electrons. The first-order valence-electron chi connectivity index (χ1n) is 6.79. The minimum absolute atomic E-state index is 0.0244. The molecule has 0 saturated carbocycles. The van der Waals surface area contributed by atoms with Crippen LogP contribution in [-0.4, -0.2) is 9.55 Å². The van der Waals surface area contributed by atoms with E-state index in [2.05, 4.69) is 25.8 Å². The molecular weight excluding hydrogens is 239 g/mol. The van der Waals surface area contributed by atoms with Crippen molar-refractivity contribution >= 4 is 0 Å². The summed E-state index contributed by atoms with van der Waals surface area (Å²) in [6.45, 7) is 6.49. The summed E-state index contributed by atoms with van der Waals surface area (Å²) in [6.07, 6.45) is 5.64. The molecule has 1 aromatic carbocycles. The van der Waals surface area contributed by atoms with Gasteiger partial charge in [-0.15, -0.1) is 0 Å². The highest BCUT2D eigenvalue weighted by Crippen LogP contribution is 2.37. The first kappa shape index (κ1) is 13.8. The van der Waals surface area contributed by atoms with Crippen LogP contribution in [0.2, 0.25) is 0 Å². The molecule has 2 nitrogen and oxygen atoms in total. The van der Waals surface area contributed by atoms with Gasteiger partial charge in [-0.2, -0.15) is 0 Å². The molecule has 1 heterocycles. The molecule has 0 aliphatic carbocycles. The van der Waals surface area contributed by atoms with Gasteiger partial charge in [0.05, 0.1) is 0 Å². The Labute approximate surface area is 114 Å². The van der Waals surface area contributed by atoms with Gasteiger partial charge in [-0.3, -0.25) is 0 Å². The third-order valence-corrected chi connectivity index (χ3v) is 4.25. The maximum atomic E-state index is 13.7. The van der Waals surface area contributed by atoms with Crippen molar-refractivity contribution in [1.82, 2.24) is 9.55 Å². The second-order valence-corrected chi connectivity index (χ2v) is 5.32. The third kappa shape index (κ3) is 2.42. The van der Waals surface area contributed by atoms with E-state index in [9.17, 15) is 4.39 Å². The number of aromatic nitrogens is 2. The highest BCUT2D eigenvalue weighted by molar-refractivity contribution is 5.63. The summed E-state index contributed by atoms with van der Waals surface area (Å²) in [5, 5.41) is 0.